The molecule has 3 aliphatic rings. The number of para-hydroxylation sites is 3. The molecule has 15 rings (SSSR count). The minimum absolute atomic E-state index is 0.213. The Kier molecular flexibility index (Phi) is 6.94. The van der Waals surface area contributed by atoms with E-state index in [0.29, 0.717) is 0 Å². The number of benzene rings is 10. The van der Waals surface area contributed by atoms with Crippen molar-refractivity contribution in [2.45, 2.75) is 57.8 Å². The molecule has 0 bridgehead atoms. The molecule has 2 heteroatoms. The van der Waals surface area contributed by atoms with Crippen LogP contribution in [0.25, 0.3) is 121 Å². The molecule has 3 aliphatic carbocycles. The van der Waals surface area contributed by atoms with E-state index in [4.69, 9.17) is 8.83 Å². The van der Waals surface area contributed by atoms with Crippen LogP contribution in [-0.4, -0.2) is 0 Å². The summed E-state index contributed by atoms with van der Waals surface area (Å²) in [5.41, 5.74) is 24.5. The van der Waals surface area contributed by atoms with Crippen LogP contribution in [0.15, 0.2) is 179 Å². The SMILES string of the molecule is CC1(C)c2cc3c(cc2-c2cc4c(cc21)-c1c(cc(-c2cccc5oc6ccccc6c25)c2ccccc12)C4(C)C)C(C)(C)c1cc(-c2cccc4c2oc2ccccc24)c2ccccc2c1-3. The fourth-order valence-corrected chi connectivity index (χ4v) is 13.3. The zero-order valence-corrected chi connectivity index (χ0v) is 38.5. The van der Waals surface area contributed by atoms with Gasteiger partial charge in [-0.1, -0.05) is 157 Å². The number of hydrogen-bond acceptors (Lipinski definition) is 2. The second kappa shape index (κ2) is 12.4. The molecule has 0 radical (unpaired) electrons. The summed E-state index contributed by atoms with van der Waals surface area (Å²) in [4.78, 5) is 0. The summed E-state index contributed by atoms with van der Waals surface area (Å²) in [6, 6.07) is 63.4. The molecule has 0 atom stereocenters. The van der Waals surface area contributed by atoms with Crippen LogP contribution >= 0.6 is 0 Å². The smallest absolute Gasteiger partial charge is 0.143 e. The zero-order valence-electron chi connectivity index (χ0n) is 38.5. The molecule has 10 aromatic carbocycles. The highest BCUT2D eigenvalue weighted by atomic mass is 16.3. The fraction of sp³-hybridized carbons (Fsp3) is 0.138. The van der Waals surface area contributed by atoms with E-state index in [9.17, 15) is 0 Å². The third-order valence-electron chi connectivity index (χ3n) is 16.7. The largest absolute Gasteiger partial charge is 0.456 e. The second-order valence-corrected chi connectivity index (χ2v) is 21.1. The lowest BCUT2D eigenvalue weighted by Gasteiger charge is -2.25. The molecule has 0 aliphatic heterocycles. The van der Waals surface area contributed by atoms with Crippen molar-refractivity contribution >= 4 is 65.4 Å². The highest BCUT2D eigenvalue weighted by molar-refractivity contribution is 6.19. The maximum atomic E-state index is 6.67. The number of hydrogen-bond donors (Lipinski definition) is 0. The number of rotatable bonds is 2. The van der Waals surface area contributed by atoms with Gasteiger partial charge in [0.25, 0.3) is 0 Å². The molecular weight excluding hydrogens is 813 g/mol. The highest BCUT2D eigenvalue weighted by Crippen LogP contribution is 2.62. The summed E-state index contributed by atoms with van der Waals surface area (Å²) in [5.74, 6) is 0. The average Bonchev–Trinajstić information content (AvgIpc) is 4.09. The topological polar surface area (TPSA) is 26.3 Å². The van der Waals surface area contributed by atoms with Crippen molar-refractivity contribution in [3.05, 3.63) is 203 Å². The Morgan fingerprint density at radius 2 is 0.657 bits per heavy atom. The van der Waals surface area contributed by atoms with Gasteiger partial charge in [0.2, 0.25) is 0 Å². The van der Waals surface area contributed by atoms with Crippen LogP contribution in [0.5, 0.6) is 0 Å². The van der Waals surface area contributed by atoms with Crippen LogP contribution in [0, 0.1) is 0 Å². The summed E-state index contributed by atoms with van der Waals surface area (Å²) in [6.07, 6.45) is 0. The first kappa shape index (κ1) is 37.5. The van der Waals surface area contributed by atoms with E-state index in [0.717, 1.165) is 44.1 Å². The molecule has 0 saturated heterocycles. The quantitative estimate of drug-likeness (QED) is 0.173. The van der Waals surface area contributed by atoms with Crippen molar-refractivity contribution in [2.75, 3.05) is 0 Å². The van der Waals surface area contributed by atoms with Crippen molar-refractivity contribution in [3.63, 3.8) is 0 Å². The van der Waals surface area contributed by atoms with Gasteiger partial charge in [-0.3, -0.25) is 0 Å². The second-order valence-electron chi connectivity index (χ2n) is 21.1. The van der Waals surface area contributed by atoms with Crippen LogP contribution in [0.1, 0.15) is 74.9 Å². The van der Waals surface area contributed by atoms with Crippen molar-refractivity contribution in [3.8, 4) is 55.6 Å². The maximum absolute atomic E-state index is 6.67. The van der Waals surface area contributed by atoms with E-state index in [1.807, 2.05) is 0 Å². The first-order valence-corrected chi connectivity index (χ1v) is 23.8. The van der Waals surface area contributed by atoms with Gasteiger partial charge in [-0.05, 0) is 160 Å². The van der Waals surface area contributed by atoms with Gasteiger partial charge in [0.05, 0.1) is 0 Å². The van der Waals surface area contributed by atoms with Crippen molar-refractivity contribution < 1.29 is 8.83 Å². The Labute approximate surface area is 389 Å². The molecule has 318 valence electrons. The molecule has 2 heterocycles. The minimum atomic E-state index is -0.238. The predicted octanol–water partition coefficient (Wildman–Crippen LogP) is 18.0. The highest BCUT2D eigenvalue weighted by Gasteiger charge is 2.45. The first-order valence-electron chi connectivity index (χ1n) is 23.8. The predicted molar refractivity (Wildman–Crippen MR) is 280 cm³/mol. The Morgan fingerprint density at radius 3 is 1.25 bits per heavy atom. The molecule has 0 N–H and O–H groups in total. The summed E-state index contributed by atoms with van der Waals surface area (Å²) in [5, 5.41) is 9.77. The van der Waals surface area contributed by atoms with Gasteiger partial charge in [-0.15, -0.1) is 0 Å². The molecule has 0 fully saturated rings. The van der Waals surface area contributed by atoms with E-state index < -0.39 is 0 Å². The minimum Gasteiger partial charge on any atom is -0.456 e. The monoisotopic (exact) mass is 858 g/mol. The molecule has 2 nitrogen and oxygen atoms in total. The molecule has 2 aromatic heterocycles. The van der Waals surface area contributed by atoms with Crippen LogP contribution in [0.3, 0.4) is 0 Å². The van der Waals surface area contributed by atoms with Crippen LogP contribution in [-0.2, 0) is 16.2 Å². The van der Waals surface area contributed by atoms with Gasteiger partial charge in [0, 0.05) is 43.4 Å². The Hall–Kier alpha value is -7.68. The summed E-state index contributed by atoms with van der Waals surface area (Å²) in [6.45, 7) is 14.6. The van der Waals surface area contributed by atoms with E-state index in [1.54, 1.807) is 0 Å². The van der Waals surface area contributed by atoms with E-state index >= 15 is 0 Å². The standard InChI is InChI=1S/C65H46O2/c1-63(2)50-33-48-52(64(3,4)54-29-44(35-17-7-9-20-38(35)59(48)54)40-23-16-28-58-61(40)43-22-12-14-27-57(43)66-58)31-46(50)47-32-53-49(34-51(47)63)60-39-21-10-8-18-36(39)45(30-55(60)65(53,5)6)42-25-15-24-41-37-19-11-13-26-56(37)67-62(41)42/h7-34H,1-6H3. The molecule has 0 spiro atoms. The lowest BCUT2D eigenvalue weighted by Crippen LogP contribution is -2.17. The van der Waals surface area contributed by atoms with Crippen molar-refractivity contribution in [2.24, 2.45) is 0 Å². The van der Waals surface area contributed by atoms with E-state index in [2.05, 4.69) is 211 Å². The molecular formula is C65H46O2. The Morgan fingerprint density at radius 1 is 0.269 bits per heavy atom. The Bertz CT molecular complexity index is 4240. The summed E-state index contributed by atoms with van der Waals surface area (Å²) < 4.78 is 13.1. The lowest BCUT2D eigenvalue weighted by atomic mass is 9.78. The number of fused-ring (bicyclic) bond motifs is 19. The number of furan rings is 2. The summed E-state index contributed by atoms with van der Waals surface area (Å²) in [7, 11) is 0. The first-order chi connectivity index (χ1) is 32.5. The normalized spacial score (nSPS) is 15.7. The van der Waals surface area contributed by atoms with Gasteiger partial charge in [0.1, 0.15) is 22.3 Å². The Balaban J connectivity index is 0.918. The van der Waals surface area contributed by atoms with E-state index in [-0.39, 0.29) is 16.2 Å². The maximum Gasteiger partial charge on any atom is 0.143 e. The van der Waals surface area contributed by atoms with Gasteiger partial charge in [-0.2, -0.15) is 0 Å². The van der Waals surface area contributed by atoms with Gasteiger partial charge in [-0.25, -0.2) is 0 Å². The van der Waals surface area contributed by atoms with Crippen LogP contribution in [0.2, 0.25) is 0 Å². The molecule has 67 heavy (non-hydrogen) atoms. The fourth-order valence-electron chi connectivity index (χ4n) is 13.3. The van der Waals surface area contributed by atoms with Crippen molar-refractivity contribution in [1.82, 2.24) is 0 Å². The molecule has 0 unspecified atom stereocenters. The zero-order chi connectivity index (χ0) is 44.9. The van der Waals surface area contributed by atoms with Crippen LogP contribution < -0.4 is 0 Å². The lowest BCUT2D eigenvalue weighted by molar-refractivity contribution is 0.649. The average molecular weight is 859 g/mol. The van der Waals surface area contributed by atoms with Gasteiger partial charge < -0.3 is 8.83 Å². The summed E-state index contributed by atoms with van der Waals surface area (Å²) >= 11 is 0. The molecule has 0 amide bonds. The molecule has 0 saturated carbocycles. The van der Waals surface area contributed by atoms with Gasteiger partial charge in [0.15, 0.2) is 0 Å². The van der Waals surface area contributed by atoms with Crippen LogP contribution in [0.4, 0.5) is 0 Å². The third-order valence-corrected chi connectivity index (χ3v) is 16.7. The molecule has 12 aromatic rings. The van der Waals surface area contributed by atoms with Gasteiger partial charge >= 0.3 is 0 Å². The van der Waals surface area contributed by atoms with E-state index in [1.165, 1.54) is 110 Å². The van der Waals surface area contributed by atoms with Crippen molar-refractivity contribution in [1.29, 1.82) is 0 Å². The third kappa shape index (κ3) is 4.61.